The Kier molecular flexibility index (Phi) is 4.37. The van der Waals surface area contributed by atoms with Crippen LogP contribution in [0, 0.1) is 6.92 Å². The number of rotatable bonds is 2. The summed E-state index contributed by atoms with van der Waals surface area (Å²) in [7, 11) is 2.16. The van der Waals surface area contributed by atoms with Gasteiger partial charge in [-0.05, 0) is 35.7 Å². The van der Waals surface area contributed by atoms with Crippen LogP contribution in [0.4, 0.5) is 5.82 Å². The Morgan fingerprint density at radius 2 is 1.82 bits per heavy atom. The molecule has 3 nitrogen and oxygen atoms in total. The van der Waals surface area contributed by atoms with Crippen molar-refractivity contribution in [3.05, 3.63) is 16.5 Å². The van der Waals surface area contributed by atoms with E-state index in [-0.39, 0.29) is 0 Å². The van der Waals surface area contributed by atoms with Crippen molar-refractivity contribution in [2.24, 2.45) is 0 Å². The summed E-state index contributed by atoms with van der Waals surface area (Å²) in [6.45, 7) is 1.94. The summed E-state index contributed by atoms with van der Waals surface area (Å²) in [6, 6.07) is 2.65. The van der Waals surface area contributed by atoms with E-state index in [1.54, 1.807) is 0 Å². The summed E-state index contributed by atoms with van der Waals surface area (Å²) in [4.78, 5) is 11.1. The minimum Gasteiger partial charge on any atom is -0.357 e. The number of nitrogens with zero attached hydrogens (tertiary/aromatic N) is 3. The molecular formula is C13H20BrN3. The summed E-state index contributed by atoms with van der Waals surface area (Å²) in [5.74, 6) is 1.87. The van der Waals surface area contributed by atoms with Gasteiger partial charge in [-0.2, -0.15) is 0 Å². The highest BCUT2D eigenvalue weighted by Gasteiger charge is 2.18. The van der Waals surface area contributed by atoms with E-state index in [9.17, 15) is 0 Å². The number of halogens is 1. The van der Waals surface area contributed by atoms with Crippen molar-refractivity contribution in [2.75, 3.05) is 11.9 Å². The second-order valence-electron chi connectivity index (χ2n) is 4.85. The topological polar surface area (TPSA) is 29.0 Å². The Labute approximate surface area is 112 Å². The van der Waals surface area contributed by atoms with Gasteiger partial charge in [0.05, 0.1) is 0 Å². The van der Waals surface area contributed by atoms with Crippen molar-refractivity contribution >= 4 is 21.7 Å². The molecule has 2 rings (SSSR count). The third kappa shape index (κ3) is 3.41. The van der Waals surface area contributed by atoms with E-state index in [0.717, 1.165) is 16.2 Å². The second kappa shape index (κ2) is 5.80. The van der Waals surface area contributed by atoms with Crippen molar-refractivity contribution in [2.45, 2.75) is 51.5 Å². The molecule has 1 saturated carbocycles. The molecule has 1 heterocycles. The van der Waals surface area contributed by atoms with Gasteiger partial charge in [-0.15, -0.1) is 0 Å². The average molecular weight is 298 g/mol. The quantitative estimate of drug-likeness (QED) is 0.615. The summed E-state index contributed by atoms with van der Waals surface area (Å²) < 4.78 is 0.875. The first-order chi connectivity index (χ1) is 8.16. The van der Waals surface area contributed by atoms with Crippen LogP contribution in [0.15, 0.2) is 10.7 Å². The van der Waals surface area contributed by atoms with E-state index in [0.29, 0.717) is 6.04 Å². The largest absolute Gasteiger partial charge is 0.357 e. The van der Waals surface area contributed by atoms with E-state index in [1.807, 2.05) is 13.0 Å². The van der Waals surface area contributed by atoms with E-state index in [2.05, 4.69) is 37.8 Å². The molecule has 0 saturated heterocycles. The predicted octanol–water partition coefficient (Wildman–Crippen LogP) is 3.71. The Morgan fingerprint density at radius 1 is 1.18 bits per heavy atom. The number of aromatic nitrogens is 2. The summed E-state index contributed by atoms with van der Waals surface area (Å²) >= 11 is 3.44. The molecule has 0 radical (unpaired) electrons. The standard InChI is InChI=1S/C13H20BrN3/c1-10-15-12(14)9-13(16-10)17(2)11-7-5-3-4-6-8-11/h9,11H,3-8H2,1-2H3. The minimum atomic E-state index is 0.638. The van der Waals surface area contributed by atoms with Gasteiger partial charge in [-0.3, -0.25) is 0 Å². The zero-order chi connectivity index (χ0) is 12.3. The van der Waals surface area contributed by atoms with Crippen molar-refractivity contribution in [1.29, 1.82) is 0 Å². The van der Waals surface area contributed by atoms with E-state index >= 15 is 0 Å². The molecule has 0 aliphatic heterocycles. The molecule has 1 aliphatic rings. The SMILES string of the molecule is Cc1nc(Br)cc(N(C)C2CCCCCC2)n1. The Bertz CT molecular complexity index is 353. The first-order valence-electron chi connectivity index (χ1n) is 6.41. The molecule has 0 N–H and O–H groups in total. The van der Waals surface area contributed by atoms with Crippen molar-refractivity contribution in [3.63, 3.8) is 0 Å². The van der Waals surface area contributed by atoms with E-state index in [4.69, 9.17) is 0 Å². The molecule has 0 amide bonds. The van der Waals surface area contributed by atoms with Gasteiger partial charge >= 0.3 is 0 Å². The van der Waals surface area contributed by atoms with Crippen molar-refractivity contribution < 1.29 is 0 Å². The van der Waals surface area contributed by atoms with Crippen molar-refractivity contribution in [3.8, 4) is 0 Å². The third-order valence-electron chi connectivity index (χ3n) is 3.53. The van der Waals surface area contributed by atoms with Crippen LogP contribution in [0.5, 0.6) is 0 Å². The zero-order valence-electron chi connectivity index (χ0n) is 10.6. The highest BCUT2D eigenvalue weighted by Crippen LogP contribution is 2.25. The molecule has 0 aromatic carbocycles. The monoisotopic (exact) mass is 297 g/mol. The normalized spacial score (nSPS) is 17.8. The van der Waals surface area contributed by atoms with E-state index < -0.39 is 0 Å². The van der Waals surface area contributed by atoms with Gasteiger partial charge < -0.3 is 4.90 Å². The van der Waals surface area contributed by atoms with Gasteiger partial charge in [0.15, 0.2) is 0 Å². The molecular weight excluding hydrogens is 278 g/mol. The van der Waals surface area contributed by atoms with Crippen molar-refractivity contribution in [1.82, 2.24) is 9.97 Å². The maximum Gasteiger partial charge on any atom is 0.133 e. The Morgan fingerprint density at radius 3 is 2.41 bits per heavy atom. The Hall–Kier alpha value is -0.640. The molecule has 1 fully saturated rings. The van der Waals surface area contributed by atoms with Crippen LogP contribution in [0.1, 0.15) is 44.3 Å². The molecule has 17 heavy (non-hydrogen) atoms. The fourth-order valence-corrected chi connectivity index (χ4v) is 2.99. The molecule has 1 aromatic rings. The summed E-state index contributed by atoms with van der Waals surface area (Å²) in [5.41, 5.74) is 0. The number of anilines is 1. The van der Waals surface area contributed by atoms with Crippen LogP contribution in [0.25, 0.3) is 0 Å². The molecule has 0 unspecified atom stereocenters. The lowest BCUT2D eigenvalue weighted by atomic mass is 10.1. The maximum atomic E-state index is 4.52. The predicted molar refractivity (Wildman–Crippen MR) is 74.4 cm³/mol. The minimum absolute atomic E-state index is 0.638. The third-order valence-corrected chi connectivity index (χ3v) is 3.93. The number of hydrogen-bond donors (Lipinski definition) is 0. The van der Waals surface area contributed by atoms with Crippen LogP contribution in [-0.2, 0) is 0 Å². The van der Waals surface area contributed by atoms with Gasteiger partial charge in [0.25, 0.3) is 0 Å². The second-order valence-corrected chi connectivity index (χ2v) is 5.66. The fraction of sp³-hybridized carbons (Fsp3) is 0.692. The van der Waals surface area contributed by atoms with Crippen LogP contribution >= 0.6 is 15.9 Å². The van der Waals surface area contributed by atoms with Crippen LogP contribution in [0.2, 0.25) is 0 Å². The fourth-order valence-electron chi connectivity index (χ4n) is 2.53. The highest BCUT2D eigenvalue weighted by atomic mass is 79.9. The van der Waals surface area contributed by atoms with Gasteiger partial charge in [-0.25, -0.2) is 9.97 Å². The first kappa shape index (κ1) is 12.8. The van der Waals surface area contributed by atoms with Crippen LogP contribution in [0.3, 0.4) is 0 Å². The lowest BCUT2D eigenvalue weighted by Crippen LogP contribution is -2.32. The summed E-state index contributed by atoms with van der Waals surface area (Å²) in [5, 5.41) is 0. The van der Waals surface area contributed by atoms with Gasteiger partial charge in [-0.1, -0.05) is 25.7 Å². The smallest absolute Gasteiger partial charge is 0.133 e. The molecule has 1 aromatic heterocycles. The molecule has 4 heteroatoms. The van der Waals surface area contributed by atoms with E-state index in [1.165, 1.54) is 38.5 Å². The van der Waals surface area contributed by atoms with Gasteiger partial charge in [0, 0.05) is 19.2 Å². The van der Waals surface area contributed by atoms with Gasteiger partial charge in [0.1, 0.15) is 16.2 Å². The lowest BCUT2D eigenvalue weighted by molar-refractivity contribution is 0.548. The van der Waals surface area contributed by atoms with Crippen LogP contribution in [-0.4, -0.2) is 23.1 Å². The van der Waals surface area contributed by atoms with Crippen LogP contribution < -0.4 is 4.90 Å². The highest BCUT2D eigenvalue weighted by molar-refractivity contribution is 9.10. The molecule has 0 spiro atoms. The zero-order valence-corrected chi connectivity index (χ0v) is 12.2. The average Bonchev–Trinajstić information content (AvgIpc) is 2.55. The first-order valence-corrected chi connectivity index (χ1v) is 7.20. The number of aryl methyl sites for hydroxylation is 1. The molecule has 0 bridgehead atoms. The summed E-state index contributed by atoms with van der Waals surface area (Å²) in [6.07, 6.45) is 8.04. The molecule has 1 aliphatic carbocycles. The maximum absolute atomic E-state index is 4.52. The lowest BCUT2D eigenvalue weighted by Gasteiger charge is -2.28. The van der Waals surface area contributed by atoms with Gasteiger partial charge in [0.2, 0.25) is 0 Å². The molecule has 0 atom stereocenters. The number of hydrogen-bond acceptors (Lipinski definition) is 3. The molecule has 94 valence electrons. The Balaban J connectivity index is 2.14.